The second-order valence-electron chi connectivity index (χ2n) is 6.11. The van der Waals surface area contributed by atoms with E-state index in [2.05, 4.69) is 15.2 Å². The van der Waals surface area contributed by atoms with E-state index in [-0.39, 0.29) is 5.88 Å². The molecule has 0 fully saturated rings. The van der Waals surface area contributed by atoms with Crippen LogP contribution in [0.1, 0.15) is 5.56 Å². The van der Waals surface area contributed by atoms with Crippen LogP contribution in [-0.4, -0.2) is 34.5 Å². The molecule has 0 unspecified atom stereocenters. The molecule has 6 nitrogen and oxygen atoms in total. The van der Waals surface area contributed by atoms with E-state index in [0.717, 1.165) is 27.9 Å². The van der Waals surface area contributed by atoms with Gasteiger partial charge in [0.15, 0.2) is 11.5 Å². The van der Waals surface area contributed by atoms with E-state index >= 15 is 0 Å². The Morgan fingerprint density at radius 2 is 1.62 bits per heavy atom. The number of nitrogens with zero attached hydrogens (tertiary/aromatic N) is 1. The number of aromatic hydroxyl groups is 1. The van der Waals surface area contributed by atoms with Crippen molar-refractivity contribution in [2.24, 2.45) is 0 Å². The van der Waals surface area contributed by atoms with E-state index < -0.39 is 0 Å². The third-order valence-corrected chi connectivity index (χ3v) is 4.49. The fourth-order valence-corrected chi connectivity index (χ4v) is 3.13. The monoisotopic (exact) mass is 349 g/mol. The first kappa shape index (κ1) is 16.1. The summed E-state index contributed by atoms with van der Waals surface area (Å²) in [4.78, 5) is 3.05. The van der Waals surface area contributed by atoms with Crippen LogP contribution in [0.15, 0.2) is 42.5 Å². The lowest BCUT2D eigenvalue weighted by Crippen LogP contribution is -1.91. The predicted molar refractivity (Wildman–Crippen MR) is 101 cm³/mol. The number of hydrogen-bond donors (Lipinski definition) is 3. The molecule has 0 saturated heterocycles. The van der Waals surface area contributed by atoms with Gasteiger partial charge in [-0.1, -0.05) is 29.8 Å². The van der Waals surface area contributed by atoms with Gasteiger partial charge in [0.1, 0.15) is 11.2 Å². The molecule has 0 bridgehead atoms. The van der Waals surface area contributed by atoms with Crippen molar-refractivity contribution in [3.05, 3.63) is 48.0 Å². The third-order valence-electron chi connectivity index (χ3n) is 4.49. The Bertz CT molecular complexity index is 1080. The Hall–Kier alpha value is -3.41. The van der Waals surface area contributed by atoms with Gasteiger partial charge in [0.25, 0.3) is 0 Å². The third kappa shape index (κ3) is 2.47. The van der Waals surface area contributed by atoms with Crippen molar-refractivity contribution in [2.45, 2.75) is 6.92 Å². The summed E-state index contributed by atoms with van der Waals surface area (Å²) in [5, 5.41) is 18.5. The largest absolute Gasteiger partial charge is 0.493 e. The van der Waals surface area contributed by atoms with Gasteiger partial charge in [-0.2, -0.15) is 5.10 Å². The molecule has 6 heteroatoms. The van der Waals surface area contributed by atoms with E-state index in [1.165, 1.54) is 5.56 Å². The van der Waals surface area contributed by atoms with E-state index in [4.69, 9.17) is 9.47 Å². The average molecular weight is 349 g/mol. The van der Waals surface area contributed by atoms with Gasteiger partial charge in [-0.25, -0.2) is 0 Å². The quantitative estimate of drug-likeness (QED) is 0.514. The zero-order valence-electron chi connectivity index (χ0n) is 14.8. The molecule has 0 saturated carbocycles. The summed E-state index contributed by atoms with van der Waals surface area (Å²) < 4.78 is 10.7. The Kier molecular flexibility index (Phi) is 3.80. The molecule has 4 aromatic rings. The molecule has 26 heavy (non-hydrogen) atoms. The van der Waals surface area contributed by atoms with Crippen LogP contribution in [0.2, 0.25) is 0 Å². The lowest BCUT2D eigenvalue weighted by Gasteiger charge is -2.09. The summed E-state index contributed by atoms with van der Waals surface area (Å²) >= 11 is 0. The molecule has 2 heterocycles. The summed E-state index contributed by atoms with van der Waals surface area (Å²) in [5.41, 5.74) is 5.14. The van der Waals surface area contributed by atoms with Crippen LogP contribution in [0.5, 0.6) is 17.4 Å². The molecular formula is C20H19N3O3. The van der Waals surface area contributed by atoms with Crippen LogP contribution in [0.25, 0.3) is 33.4 Å². The number of aromatic amines is 2. The lowest BCUT2D eigenvalue weighted by molar-refractivity contribution is 0.355. The molecular weight excluding hydrogens is 330 g/mol. The number of methoxy groups -OCH3 is 2. The van der Waals surface area contributed by atoms with Crippen molar-refractivity contribution in [3.8, 4) is 39.9 Å². The van der Waals surface area contributed by atoms with Crippen molar-refractivity contribution >= 4 is 10.9 Å². The molecule has 4 rings (SSSR count). The van der Waals surface area contributed by atoms with Gasteiger partial charge in [0.2, 0.25) is 5.88 Å². The highest BCUT2D eigenvalue weighted by Crippen LogP contribution is 2.41. The minimum Gasteiger partial charge on any atom is -0.493 e. The van der Waals surface area contributed by atoms with Crippen molar-refractivity contribution in [1.29, 1.82) is 0 Å². The van der Waals surface area contributed by atoms with Gasteiger partial charge >= 0.3 is 0 Å². The molecule has 132 valence electrons. The fraction of sp³-hybridized carbons (Fsp3) is 0.150. The summed E-state index contributed by atoms with van der Waals surface area (Å²) in [6, 6.07) is 13.7. The van der Waals surface area contributed by atoms with Crippen LogP contribution in [0, 0.1) is 6.92 Å². The molecule has 3 N–H and O–H groups in total. The second-order valence-corrected chi connectivity index (χ2v) is 6.11. The Labute approximate surface area is 150 Å². The fourth-order valence-electron chi connectivity index (χ4n) is 3.13. The molecule has 0 atom stereocenters. The number of nitrogens with one attached hydrogen (secondary N) is 2. The number of ether oxygens (including phenoxy) is 2. The summed E-state index contributed by atoms with van der Waals surface area (Å²) in [5.74, 6) is 1.32. The average Bonchev–Trinajstić information content (AvgIpc) is 3.23. The summed E-state index contributed by atoms with van der Waals surface area (Å²) in [7, 11) is 3.20. The van der Waals surface area contributed by atoms with Crippen LogP contribution in [0.4, 0.5) is 0 Å². The molecule has 0 spiro atoms. The minimum atomic E-state index is 0.0515. The van der Waals surface area contributed by atoms with Crippen LogP contribution in [-0.2, 0) is 0 Å². The maximum Gasteiger partial charge on any atom is 0.215 e. The molecule has 0 radical (unpaired) electrons. The van der Waals surface area contributed by atoms with E-state index in [1.54, 1.807) is 14.2 Å². The number of aryl methyl sites for hydroxylation is 1. The maximum absolute atomic E-state index is 10.3. The first-order valence-corrected chi connectivity index (χ1v) is 8.20. The summed E-state index contributed by atoms with van der Waals surface area (Å²) in [6.45, 7) is 2.04. The highest BCUT2D eigenvalue weighted by Gasteiger charge is 2.20. The van der Waals surface area contributed by atoms with E-state index in [9.17, 15) is 5.11 Å². The Balaban J connectivity index is 1.93. The highest BCUT2D eigenvalue weighted by molar-refractivity contribution is 6.05. The first-order chi connectivity index (χ1) is 12.6. The topological polar surface area (TPSA) is 83.2 Å². The normalized spacial score (nSPS) is 11.0. The number of aromatic nitrogens is 3. The van der Waals surface area contributed by atoms with E-state index in [1.807, 2.05) is 49.4 Å². The number of benzene rings is 2. The zero-order chi connectivity index (χ0) is 18.3. The number of H-pyrrole nitrogens is 2. The van der Waals surface area contributed by atoms with Gasteiger partial charge in [-0.05, 0) is 25.1 Å². The predicted octanol–water partition coefficient (Wildman–Crippen LogP) is 4.26. The smallest absolute Gasteiger partial charge is 0.215 e. The van der Waals surface area contributed by atoms with Crippen LogP contribution >= 0.6 is 0 Å². The Morgan fingerprint density at radius 3 is 2.31 bits per heavy atom. The number of fused-ring (bicyclic) bond motifs is 1. The van der Waals surface area contributed by atoms with Crippen LogP contribution in [0.3, 0.4) is 0 Å². The first-order valence-electron chi connectivity index (χ1n) is 8.20. The highest BCUT2D eigenvalue weighted by atomic mass is 16.5. The van der Waals surface area contributed by atoms with Gasteiger partial charge in [-0.15, -0.1) is 0 Å². The Morgan fingerprint density at radius 1 is 0.923 bits per heavy atom. The maximum atomic E-state index is 10.3. The van der Waals surface area contributed by atoms with Crippen molar-refractivity contribution in [1.82, 2.24) is 15.2 Å². The zero-order valence-corrected chi connectivity index (χ0v) is 14.8. The number of rotatable bonds is 4. The van der Waals surface area contributed by atoms with Crippen molar-refractivity contribution in [2.75, 3.05) is 14.2 Å². The molecule has 2 aromatic carbocycles. The molecule has 0 amide bonds. The van der Waals surface area contributed by atoms with Crippen molar-refractivity contribution in [3.63, 3.8) is 0 Å². The molecule has 0 aliphatic heterocycles. The van der Waals surface area contributed by atoms with Crippen molar-refractivity contribution < 1.29 is 14.6 Å². The second kappa shape index (κ2) is 6.15. The molecule has 0 aliphatic carbocycles. The van der Waals surface area contributed by atoms with Gasteiger partial charge in [0.05, 0.1) is 25.3 Å². The van der Waals surface area contributed by atoms with Crippen LogP contribution < -0.4 is 9.47 Å². The summed E-state index contributed by atoms with van der Waals surface area (Å²) in [6.07, 6.45) is 0. The van der Waals surface area contributed by atoms with E-state index in [0.29, 0.717) is 17.0 Å². The SMILES string of the molecule is COc1ccc(-c2[nH]c(O)c3[nH]nc(-c4ccc(C)cc4)c23)cc1OC. The van der Waals surface area contributed by atoms with Gasteiger partial charge < -0.3 is 19.6 Å². The minimum absolute atomic E-state index is 0.0515. The number of hydrogen-bond acceptors (Lipinski definition) is 4. The van der Waals surface area contributed by atoms with Gasteiger partial charge in [0, 0.05) is 11.1 Å². The molecule has 2 aromatic heterocycles. The lowest BCUT2D eigenvalue weighted by atomic mass is 10.0. The molecule has 0 aliphatic rings. The standard InChI is InChI=1S/C20H19N3O3/c1-11-4-6-12(7-5-11)18-16-17(21-20(24)19(16)23-22-18)13-8-9-14(25-2)15(10-13)26-3/h4-10,21,23-24H,1-3H3. The van der Waals surface area contributed by atoms with Gasteiger partial charge in [-0.3, -0.25) is 5.10 Å².